The van der Waals surface area contributed by atoms with Crippen molar-refractivity contribution in [3.05, 3.63) is 63.2 Å². The molecule has 0 radical (unpaired) electrons. The predicted octanol–water partition coefficient (Wildman–Crippen LogP) is 4.11. The molecule has 0 bridgehead atoms. The van der Waals surface area contributed by atoms with E-state index in [1.807, 2.05) is 48.5 Å². The van der Waals surface area contributed by atoms with Crippen molar-refractivity contribution in [3.8, 4) is 0 Å². The van der Waals surface area contributed by atoms with E-state index in [0.29, 0.717) is 5.56 Å². The number of hydrogen-bond acceptors (Lipinski definition) is 1. The summed E-state index contributed by atoms with van der Waals surface area (Å²) in [7, 11) is 0. The van der Waals surface area contributed by atoms with Crippen molar-refractivity contribution >= 4 is 34.2 Å². The first-order chi connectivity index (χ1) is 8.72. The van der Waals surface area contributed by atoms with Crippen LogP contribution in [0.1, 0.15) is 22.8 Å². The van der Waals surface area contributed by atoms with Crippen LogP contribution >= 0.6 is 22.6 Å². The van der Waals surface area contributed by atoms with E-state index in [1.54, 1.807) is 0 Å². The van der Waals surface area contributed by atoms with Crippen molar-refractivity contribution in [1.82, 2.24) is 0 Å². The van der Waals surface area contributed by atoms with Crippen LogP contribution in [-0.4, -0.2) is 5.91 Å². The average molecular weight is 351 g/mol. The van der Waals surface area contributed by atoms with E-state index in [9.17, 15) is 4.79 Å². The van der Waals surface area contributed by atoms with Crippen molar-refractivity contribution in [2.45, 2.75) is 13.3 Å². The number of hydrogen-bond donors (Lipinski definition) is 1. The fourth-order valence-corrected chi connectivity index (χ4v) is 2.42. The molecule has 3 heteroatoms. The number of carbonyl (C=O) groups excluding carboxylic acids is 1. The fraction of sp³-hybridized carbons (Fsp3) is 0.133. The lowest BCUT2D eigenvalue weighted by atomic mass is 10.1. The first-order valence-corrected chi connectivity index (χ1v) is 6.94. The maximum Gasteiger partial charge on any atom is 0.256 e. The number of amides is 1. The molecule has 2 aromatic carbocycles. The van der Waals surface area contributed by atoms with Crippen molar-refractivity contribution in [2.24, 2.45) is 0 Å². The van der Waals surface area contributed by atoms with Gasteiger partial charge in [0.15, 0.2) is 0 Å². The highest BCUT2D eigenvalue weighted by molar-refractivity contribution is 14.1. The third kappa shape index (κ3) is 2.90. The van der Waals surface area contributed by atoms with Crippen LogP contribution in [0.3, 0.4) is 0 Å². The van der Waals surface area contributed by atoms with Gasteiger partial charge in [-0.1, -0.05) is 37.3 Å². The molecule has 2 nitrogen and oxygen atoms in total. The summed E-state index contributed by atoms with van der Waals surface area (Å²) in [5, 5.41) is 2.97. The quantitative estimate of drug-likeness (QED) is 0.829. The second kappa shape index (κ2) is 6.00. The molecule has 0 unspecified atom stereocenters. The molecule has 1 N–H and O–H groups in total. The van der Waals surface area contributed by atoms with Gasteiger partial charge in [-0.3, -0.25) is 4.79 Å². The maximum absolute atomic E-state index is 12.2. The van der Waals surface area contributed by atoms with E-state index in [2.05, 4.69) is 34.8 Å². The summed E-state index contributed by atoms with van der Waals surface area (Å²) in [5.41, 5.74) is 2.76. The van der Waals surface area contributed by atoms with Crippen LogP contribution in [0.4, 0.5) is 5.69 Å². The standard InChI is InChI=1S/C15H14INO/c1-2-11-7-3-6-10-14(11)17-15(18)12-8-4-5-9-13(12)16/h3-10H,2H2,1H3,(H,17,18). The second-order valence-electron chi connectivity index (χ2n) is 3.94. The topological polar surface area (TPSA) is 29.1 Å². The summed E-state index contributed by atoms with van der Waals surface area (Å²) in [5.74, 6) is -0.0547. The molecule has 0 atom stereocenters. The molecule has 0 aromatic heterocycles. The van der Waals surface area contributed by atoms with E-state index in [-0.39, 0.29) is 5.91 Å². The van der Waals surface area contributed by atoms with Crippen LogP contribution in [0.5, 0.6) is 0 Å². The average Bonchev–Trinajstić information content (AvgIpc) is 2.39. The lowest BCUT2D eigenvalue weighted by Crippen LogP contribution is -2.14. The molecular formula is C15H14INO. The minimum atomic E-state index is -0.0547. The predicted molar refractivity (Wildman–Crippen MR) is 82.9 cm³/mol. The monoisotopic (exact) mass is 351 g/mol. The number of anilines is 1. The third-order valence-corrected chi connectivity index (χ3v) is 3.71. The van der Waals surface area contributed by atoms with Crippen LogP contribution in [-0.2, 0) is 6.42 Å². The summed E-state index contributed by atoms with van der Waals surface area (Å²) in [6, 6.07) is 15.5. The Labute approximate surface area is 121 Å². The van der Waals surface area contributed by atoms with Gasteiger partial charge in [-0.15, -0.1) is 0 Å². The SMILES string of the molecule is CCc1ccccc1NC(=O)c1ccccc1I. The van der Waals surface area contributed by atoms with Crippen molar-refractivity contribution in [3.63, 3.8) is 0 Å². The number of rotatable bonds is 3. The van der Waals surface area contributed by atoms with E-state index < -0.39 is 0 Å². The molecule has 0 aliphatic carbocycles. The van der Waals surface area contributed by atoms with Crippen LogP contribution < -0.4 is 5.32 Å². The smallest absolute Gasteiger partial charge is 0.256 e. The van der Waals surface area contributed by atoms with E-state index in [4.69, 9.17) is 0 Å². The summed E-state index contributed by atoms with van der Waals surface area (Å²) in [4.78, 5) is 12.2. The number of aryl methyl sites for hydroxylation is 1. The van der Waals surface area contributed by atoms with Crippen LogP contribution in [0.25, 0.3) is 0 Å². The van der Waals surface area contributed by atoms with E-state index in [1.165, 1.54) is 0 Å². The van der Waals surface area contributed by atoms with Gasteiger partial charge in [-0.2, -0.15) is 0 Å². The summed E-state index contributed by atoms with van der Waals surface area (Å²) in [6.07, 6.45) is 0.905. The van der Waals surface area contributed by atoms with Gasteiger partial charge >= 0.3 is 0 Å². The summed E-state index contributed by atoms with van der Waals surface area (Å²) in [6.45, 7) is 2.08. The fourth-order valence-electron chi connectivity index (χ4n) is 1.79. The van der Waals surface area contributed by atoms with Crippen molar-refractivity contribution < 1.29 is 4.79 Å². The van der Waals surface area contributed by atoms with Crippen LogP contribution in [0, 0.1) is 3.57 Å². The Kier molecular flexibility index (Phi) is 4.36. The normalized spacial score (nSPS) is 10.1. The molecule has 18 heavy (non-hydrogen) atoms. The highest BCUT2D eigenvalue weighted by Crippen LogP contribution is 2.18. The molecule has 2 rings (SSSR count). The Morgan fingerprint density at radius 2 is 1.78 bits per heavy atom. The largest absolute Gasteiger partial charge is 0.322 e. The van der Waals surface area contributed by atoms with Crippen molar-refractivity contribution in [2.75, 3.05) is 5.32 Å². The van der Waals surface area contributed by atoms with Gasteiger partial charge < -0.3 is 5.32 Å². The van der Waals surface area contributed by atoms with Gasteiger partial charge in [0.1, 0.15) is 0 Å². The van der Waals surface area contributed by atoms with E-state index >= 15 is 0 Å². The van der Waals surface area contributed by atoms with Gasteiger partial charge in [0, 0.05) is 9.26 Å². The molecule has 0 saturated heterocycles. The van der Waals surface area contributed by atoms with Gasteiger partial charge in [0.2, 0.25) is 0 Å². The summed E-state index contributed by atoms with van der Waals surface area (Å²) < 4.78 is 0.960. The molecule has 0 aliphatic heterocycles. The lowest BCUT2D eigenvalue weighted by molar-refractivity contribution is 0.102. The first kappa shape index (κ1) is 13.1. The Balaban J connectivity index is 2.24. The number of benzene rings is 2. The molecule has 0 saturated carbocycles. The Morgan fingerprint density at radius 1 is 1.11 bits per heavy atom. The second-order valence-corrected chi connectivity index (χ2v) is 5.11. The Morgan fingerprint density at radius 3 is 2.50 bits per heavy atom. The Hall–Kier alpha value is -1.36. The molecule has 1 amide bonds. The maximum atomic E-state index is 12.2. The van der Waals surface area contributed by atoms with Gasteiger partial charge in [0.25, 0.3) is 5.91 Å². The zero-order valence-electron chi connectivity index (χ0n) is 10.1. The number of carbonyl (C=O) groups is 1. The zero-order chi connectivity index (χ0) is 13.0. The highest BCUT2D eigenvalue weighted by atomic mass is 127. The zero-order valence-corrected chi connectivity index (χ0v) is 12.3. The molecular weight excluding hydrogens is 337 g/mol. The molecule has 0 aliphatic rings. The lowest BCUT2D eigenvalue weighted by Gasteiger charge is -2.10. The number of nitrogens with one attached hydrogen (secondary N) is 1. The van der Waals surface area contributed by atoms with Gasteiger partial charge in [-0.05, 0) is 52.8 Å². The third-order valence-electron chi connectivity index (χ3n) is 2.76. The minimum Gasteiger partial charge on any atom is -0.322 e. The van der Waals surface area contributed by atoms with Gasteiger partial charge in [0.05, 0.1) is 5.56 Å². The van der Waals surface area contributed by atoms with E-state index in [0.717, 1.165) is 21.2 Å². The highest BCUT2D eigenvalue weighted by Gasteiger charge is 2.10. The molecule has 0 heterocycles. The summed E-state index contributed by atoms with van der Waals surface area (Å²) >= 11 is 2.18. The first-order valence-electron chi connectivity index (χ1n) is 5.86. The Bertz CT molecular complexity index is 566. The van der Waals surface area contributed by atoms with Crippen molar-refractivity contribution in [1.29, 1.82) is 0 Å². The molecule has 0 fully saturated rings. The molecule has 2 aromatic rings. The number of halogens is 1. The van der Waals surface area contributed by atoms with Crippen LogP contribution in [0.15, 0.2) is 48.5 Å². The van der Waals surface area contributed by atoms with Gasteiger partial charge in [-0.25, -0.2) is 0 Å². The number of para-hydroxylation sites is 1. The molecule has 92 valence electrons. The minimum absolute atomic E-state index is 0.0547. The molecule has 0 spiro atoms. The van der Waals surface area contributed by atoms with Crippen LogP contribution in [0.2, 0.25) is 0 Å².